The molecule has 0 spiro atoms. The molecule has 6 nitrogen and oxygen atoms in total. The molecule has 144 valence electrons. The van der Waals surface area contributed by atoms with Crippen LogP contribution in [0.25, 0.3) is 0 Å². The predicted octanol–water partition coefficient (Wildman–Crippen LogP) is 2.43. The largest absolute Gasteiger partial charge is 0.384 e. The van der Waals surface area contributed by atoms with Crippen LogP contribution in [-0.2, 0) is 13.6 Å². The second-order valence-corrected chi connectivity index (χ2v) is 8.26. The Kier molecular flexibility index (Phi) is 6.21. The van der Waals surface area contributed by atoms with E-state index in [0.717, 1.165) is 23.0 Å². The van der Waals surface area contributed by atoms with Crippen molar-refractivity contribution < 1.29 is 4.79 Å². The molecule has 27 heavy (non-hydrogen) atoms. The van der Waals surface area contributed by atoms with E-state index in [2.05, 4.69) is 0 Å². The maximum absolute atomic E-state index is 12.8. The number of thioether (sulfide) groups is 1. The van der Waals surface area contributed by atoms with Crippen LogP contribution in [-0.4, -0.2) is 25.9 Å². The number of rotatable bonds is 6. The van der Waals surface area contributed by atoms with Crippen molar-refractivity contribution in [2.45, 2.75) is 43.9 Å². The smallest absolute Gasteiger partial charge is 0.332 e. The van der Waals surface area contributed by atoms with Crippen LogP contribution in [0.3, 0.4) is 0 Å². The first-order chi connectivity index (χ1) is 13.0. The summed E-state index contributed by atoms with van der Waals surface area (Å²) in [6.07, 6.45) is 5.86. The summed E-state index contributed by atoms with van der Waals surface area (Å²) in [6.45, 7) is 0.218. The molecule has 1 aliphatic carbocycles. The minimum absolute atomic E-state index is 0.0406. The highest BCUT2D eigenvalue weighted by Gasteiger charge is 2.23. The molecule has 1 saturated carbocycles. The van der Waals surface area contributed by atoms with E-state index < -0.39 is 11.2 Å². The summed E-state index contributed by atoms with van der Waals surface area (Å²) in [5.74, 6) is -0.125. The van der Waals surface area contributed by atoms with Crippen molar-refractivity contribution in [3.63, 3.8) is 0 Å². The average molecular weight is 388 g/mol. The van der Waals surface area contributed by atoms with Gasteiger partial charge < -0.3 is 5.73 Å². The molecule has 1 aromatic carbocycles. The summed E-state index contributed by atoms with van der Waals surface area (Å²) in [5, 5.41) is 0.461. The normalized spacial score (nSPS) is 15.0. The van der Waals surface area contributed by atoms with Crippen molar-refractivity contribution in [3.05, 3.63) is 62.3 Å². The summed E-state index contributed by atoms with van der Waals surface area (Å²) in [7, 11) is 1.39. The predicted molar refractivity (Wildman–Crippen MR) is 110 cm³/mol. The van der Waals surface area contributed by atoms with E-state index in [-0.39, 0.29) is 29.5 Å². The fourth-order valence-corrected chi connectivity index (χ4v) is 4.66. The van der Waals surface area contributed by atoms with E-state index in [1.54, 1.807) is 11.8 Å². The third-order valence-electron chi connectivity index (χ3n) is 5.05. The van der Waals surface area contributed by atoms with Gasteiger partial charge in [-0.15, -0.1) is 0 Å². The highest BCUT2D eigenvalue weighted by molar-refractivity contribution is 8.00. The van der Waals surface area contributed by atoms with Gasteiger partial charge in [0.25, 0.3) is 5.56 Å². The van der Waals surface area contributed by atoms with Gasteiger partial charge in [0, 0.05) is 12.3 Å². The van der Waals surface area contributed by atoms with Crippen molar-refractivity contribution in [3.8, 4) is 0 Å². The number of nitrogens with two attached hydrogens (primary N) is 1. The number of ketones is 1. The van der Waals surface area contributed by atoms with Crippen LogP contribution in [0.15, 0.2) is 39.9 Å². The molecule has 0 aliphatic heterocycles. The Balaban J connectivity index is 1.89. The zero-order chi connectivity index (χ0) is 19.4. The van der Waals surface area contributed by atoms with Crippen molar-refractivity contribution >= 4 is 23.4 Å². The van der Waals surface area contributed by atoms with Gasteiger partial charge in [-0.25, -0.2) is 4.79 Å². The van der Waals surface area contributed by atoms with E-state index in [0.29, 0.717) is 5.25 Å². The number of Topliss-reactive ketones (excluding diaryl/α,β-unsaturated/α-hetero) is 1. The molecule has 0 amide bonds. The molecule has 0 bridgehead atoms. The molecular formula is C20H25N3O3S. The van der Waals surface area contributed by atoms with Crippen LogP contribution < -0.4 is 17.0 Å². The minimum atomic E-state index is -0.615. The number of nitrogen functional groups attached to an aromatic ring is 1. The molecule has 1 aliphatic rings. The molecule has 1 aromatic heterocycles. The third kappa shape index (κ3) is 4.35. The second kappa shape index (κ2) is 8.61. The molecule has 1 fully saturated rings. The fraction of sp³-hybridized carbons (Fsp3) is 0.450. The zero-order valence-corrected chi connectivity index (χ0v) is 16.3. The maximum Gasteiger partial charge on any atom is 0.332 e. The molecular weight excluding hydrogens is 362 g/mol. The number of nitrogens with zero attached hydrogens (tertiary/aromatic N) is 2. The topological polar surface area (TPSA) is 87.1 Å². The molecule has 2 N–H and O–H groups in total. The van der Waals surface area contributed by atoms with Crippen LogP contribution in [0, 0.1) is 0 Å². The Hall–Kier alpha value is -2.28. The standard InChI is InChI=1S/C20H25N3O3S/c1-22-19(25)17(16(24)13-27-15-10-6-3-7-11-15)18(21)23(20(22)26)12-14-8-4-2-5-9-14/h2,4-5,8-9,15H,3,6-7,10-13,21H2,1H3. The molecule has 0 atom stereocenters. The Morgan fingerprint density at radius 3 is 2.48 bits per heavy atom. The van der Waals surface area contributed by atoms with Gasteiger partial charge in [-0.3, -0.25) is 18.7 Å². The summed E-state index contributed by atoms with van der Waals surface area (Å²) in [5.41, 5.74) is 5.80. The molecule has 2 aromatic rings. The van der Waals surface area contributed by atoms with Crippen LogP contribution in [0.5, 0.6) is 0 Å². The Morgan fingerprint density at radius 1 is 1.15 bits per heavy atom. The maximum atomic E-state index is 12.8. The highest BCUT2D eigenvalue weighted by atomic mass is 32.2. The van der Waals surface area contributed by atoms with Gasteiger partial charge in [0.1, 0.15) is 11.4 Å². The average Bonchev–Trinajstić information content (AvgIpc) is 2.70. The quantitative estimate of drug-likeness (QED) is 0.769. The SMILES string of the molecule is Cn1c(=O)c(C(=O)CSC2CCCCC2)c(N)n(Cc2ccccc2)c1=O. The molecule has 0 saturated heterocycles. The van der Waals surface area contributed by atoms with E-state index in [4.69, 9.17) is 5.73 Å². The number of benzene rings is 1. The van der Waals surface area contributed by atoms with Crippen molar-refractivity contribution in [2.24, 2.45) is 7.05 Å². The number of carbonyl (C=O) groups excluding carboxylic acids is 1. The lowest BCUT2D eigenvalue weighted by Gasteiger charge is -2.21. The zero-order valence-electron chi connectivity index (χ0n) is 15.5. The van der Waals surface area contributed by atoms with Gasteiger partial charge >= 0.3 is 5.69 Å². The van der Waals surface area contributed by atoms with Gasteiger partial charge in [0.2, 0.25) is 0 Å². The van der Waals surface area contributed by atoms with Gasteiger partial charge in [0.05, 0.1) is 12.3 Å². The van der Waals surface area contributed by atoms with Crippen LogP contribution in [0.1, 0.15) is 48.0 Å². The number of hydrogen-bond acceptors (Lipinski definition) is 5. The molecule has 7 heteroatoms. The third-order valence-corrected chi connectivity index (χ3v) is 6.42. The Bertz CT molecular complexity index is 928. The van der Waals surface area contributed by atoms with Crippen molar-refractivity contribution in [2.75, 3.05) is 11.5 Å². The van der Waals surface area contributed by atoms with Gasteiger partial charge in [-0.1, -0.05) is 49.6 Å². The van der Waals surface area contributed by atoms with Gasteiger partial charge in [-0.2, -0.15) is 11.8 Å². The van der Waals surface area contributed by atoms with Gasteiger partial charge in [0.15, 0.2) is 5.78 Å². The van der Waals surface area contributed by atoms with Crippen LogP contribution in [0.2, 0.25) is 0 Å². The first kappa shape index (κ1) is 19.5. The lowest BCUT2D eigenvalue weighted by Crippen LogP contribution is -2.43. The number of aromatic nitrogens is 2. The molecule has 1 heterocycles. The monoisotopic (exact) mass is 387 g/mol. The van der Waals surface area contributed by atoms with Crippen molar-refractivity contribution in [1.82, 2.24) is 9.13 Å². The fourth-order valence-electron chi connectivity index (χ4n) is 3.46. The Morgan fingerprint density at radius 2 is 1.81 bits per heavy atom. The lowest BCUT2D eigenvalue weighted by molar-refractivity contribution is 0.102. The van der Waals surface area contributed by atoms with E-state index in [1.807, 2.05) is 30.3 Å². The number of carbonyl (C=O) groups is 1. The summed E-state index contributed by atoms with van der Waals surface area (Å²) in [6, 6.07) is 9.36. The van der Waals surface area contributed by atoms with E-state index in [9.17, 15) is 14.4 Å². The molecule has 0 radical (unpaired) electrons. The first-order valence-corrected chi connectivity index (χ1v) is 10.3. The second-order valence-electron chi connectivity index (χ2n) is 6.97. The number of anilines is 1. The summed E-state index contributed by atoms with van der Waals surface area (Å²) in [4.78, 5) is 37.8. The van der Waals surface area contributed by atoms with Crippen LogP contribution in [0.4, 0.5) is 5.82 Å². The summed E-state index contributed by atoms with van der Waals surface area (Å²) >= 11 is 1.60. The Labute approximate surface area is 162 Å². The molecule has 3 rings (SSSR count). The van der Waals surface area contributed by atoms with E-state index >= 15 is 0 Å². The van der Waals surface area contributed by atoms with Crippen molar-refractivity contribution in [1.29, 1.82) is 0 Å². The first-order valence-electron chi connectivity index (χ1n) is 9.27. The lowest BCUT2D eigenvalue weighted by atomic mass is 10.0. The van der Waals surface area contributed by atoms with E-state index in [1.165, 1.54) is 30.9 Å². The highest BCUT2D eigenvalue weighted by Crippen LogP contribution is 2.28. The van der Waals surface area contributed by atoms with Gasteiger partial charge in [-0.05, 0) is 18.4 Å². The molecule has 0 unspecified atom stereocenters. The minimum Gasteiger partial charge on any atom is -0.384 e. The summed E-state index contributed by atoms with van der Waals surface area (Å²) < 4.78 is 2.27. The number of hydrogen-bond donors (Lipinski definition) is 1. The van der Waals surface area contributed by atoms with Crippen LogP contribution >= 0.6 is 11.8 Å².